The van der Waals surface area contributed by atoms with Crippen LogP contribution >= 0.6 is 15.9 Å². The monoisotopic (exact) mass is 314 g/mol. The summed E-state index contributed by atoms with van der Waals surface area (Å²) in [5, 5.41) is 12.1. The van der Waals surface area contributed by atoms with Crippen molar-refractivity contribution in [3.63, 3.8) is 0 Å². The Morgan fingerprint density at radius 1 is 1.26 bits per heavy atom. The van der Waals surface area contributed by atoms with Crippen LogP contribution in [0.4, 0.5) is 11.5 Å². The van der Waals surface area contributed by atoms with Crippen molar-refractivity contribution in [2.45, 2.75) is 18.8 Å². The molecule has 4 nitrogen and oxygen atoms in total. The summed E-state index contributed by atoms with van der Waals surface area (Å²) in [5.41, 5.74) is 1.48. The van der Waals surface area contributed by atoms with Gasteiger partial charge in [0.1, 0.15) is 16.2 Å². The summed E-state index contributed by atoms with van der Waals surface area (Å²) < 4.78 is 0.781. The van der Waals surface area contributed by atoms with E-state index in [1.807, 2.05) is 18.2 Å². The minimum Gasteiger partial charge on any atom is -0.340 e. The van der Waals surface area contributed by atoms with E-state index in [1.165, 1.54) is 12.8 Å². The number of benzene rings is 1. The SMILES string of the molecule is N#Cc1cccc(Nc2cc(Br)nc(C3CC3)n2)c1. The van der Waals surface area contributed by atoms with Gasteiger partial charge in [0.05, 0.1) is 11.6 Å². The molecular weight excluding hydrogens is 304 g/mol. The summed E-state index contributed by atoms with van der Waals surface area (Å²) in [6, 6.07) is 11.3. The Labute approximate surface area is 119 Å². The van der Waals surface area contributed by atoms with Crippen LogP contribution in [0.1, 0.15) is 30.1 Å². The van der Waals surface area contributed by atoms with E-state index >= 15 is 0 Å². The van der Waals surface area contributed by atoms with Crippen LogP contribution in [-0.2, 0) is 0 Å². The lowest BCUT2D eigenvalue weighted by Crippen LogP contribution is -1.99. The van der Waals surface area contributed by atoms with E-state index in [0.717, 1.165) is 21.9 Å². The molecule has 0 unspecified atom stereocenters. The summed E-state index contributed by atoms with van der Waals surface area (Å²) in [5.74, 6) is 2.13. The molecule has 1 aromatic carbocycles. The Kier molecular flexibility index (Phi) is 3.18. The smallest absolute Gasteiger partial charge is 0.135 e. The number of nitrogens with one attached hydrogen (secondary N) is 1. The van der Waals surface area contributed by atoms with Crippen molar-refractivity contribution in [2.75, 3.05) is 5.32 Å². The maximum absolute atomic E-state index is 8.89. The molecule has 0 aliphatic heterocycles. The van der Waals surface area contributed by atoms with Gasteiger partial charge in [-0.1, -0.05) is 6.07 Å². The van der Waals surface area contributed by atoms with Crippen LogP contribution in [-0.4, -0.2) is 9.97 Å². The molecule has 19 heavy (non-hydrogen) atoms. The summed E-state index contributed by atoms with van der Waals surface area (Å²) in [6.07, 6.45) is 2.33. The molecule has 1 aromatic heterocycles. The number of rotatable bonds is 3. The van der Waals surface area contributed by atoms with Crippen molar-refractivity contribution in [3.05, 3.63) is 46.3 Å². The molecule has 1 fully saturated rings. The Hall–Kier alpha value is -1.93. The minimum absolute atomic E-state index is 0.503. The predicted octanol–water partition coefficient (Wildman–Crippen LogP) is 3.73. The third-order valence-corrected chi connectivity index (χ3v) is 3.32. The van der Waals surface area contributed by atoms with Gasteiger partial charge in [0, 0.05) is 17.7 Å². The van der Waals surface area contributed by atoms with Crippen molar-refractivity contribution < 1.29 is 0 Å². The first-order chi connectivity index (χ1) is 9.24. The van der Waals surface area contributed by atoms with Crippen LogP contribution in [0.2, 0.25) is 0 Å². The standard InChI is InChI=1S/C14H11BrN4/c15-12-7-13(19-14(18-12)10-4-5-10)17-11-3-1-2-9(6-11)8-16/h1-3,6-7,10H,4-5H2,(H,17,18,19). The summed E-state index contributed by atoms with van der Waals surface area (Å²) in [4.78, 5) is 8.90. The highest BCUT2D eigenvalue weighted by molar-refractivity contribution is 9.10. The third-order valence-electron chi connectivity index (χ3n) is 2.92. The average Bonchev–Trinajstić information content (AvgIpc) is 3.22. The molecule has 1 aliphatic rings. The second-order valence-corrected chi connectivity index (χ2v) is 5.34. The van der Waals surface area contributed by atoms with Crippen LogP contribution in [0.25, 0.3) is 0 Å². The van der Waals surface area contributed by atoms with E-state index in [2.05, 4.69) is 37.3 Å². The highest BCUT2D eigenvalue weighted by atomic mass is 79.9. The number of hydrogen-bond acceptors (Lipinski definition) is 4. The molecule has 1 N–H and O–H groups in total. The van der Waals surface area contributed by atoms with Gasteiger partial charge in [-0.2, -0.15) is 5.26 Å². The van der Waals surface area contributed by atoms with Gasteiger partial charge in [-0.25, -0.2) is 9.97 Å². The Balaban J connectivity index is 1.88. The molecule has 2 aromatic rings. The molecule has 0 saturated heterocycles. The Bertz CT molecular complexity index is 659. The normalized spacial score (nSPS) is 13.9. The largest absolute Gasteiger partial charge is 0.340 e. The molecule has 1 heterocycles. The number of halogens is 1. The summed E-state index contributed by atoms with van der Waals surface area (Å²) in [7, 11) is 0. The topological polar surface area (TPSA) is 61.6 Å². The first-order valence-corrected chi connectivity index (χ1v) is 6.85. The first-order valence-electron chi connectivity index (χ1n) is 6.06. The van der Waals surface area contributed by atoms with Crippen molar-refractivity contribution in [3.8, 4) is 6.07 Å². The van der Waals surface area contributed by atoms with Gasteiger partial charge in [-0.3, -0.25) is 0 Å². The quantitative estimate of drug-likeness (QED) is 0.877. The Morgan fingerprint density at radius 2 is 2.11 bits per heavy atom. The van der Waals surface area contributed by atoms with Gasteiger partial charge in [-0.05, 0) is 47.0 Å². The highest BCUT2D eigenvalue weighted by Crippen LogP contribution is 2.39. The lowest BCUT2D eigenvalue weighted by molar-refractivity contribution is 0.919. The van der Waals surface area contributed by atoms with Crippen molar-refractivity contribution in [1.82, 2.24) is 9.97 Å². The molecule has 0 spiro atoms. The maximum atomic E-state index is 8.89. The number of anilines is 2. The fraction of sp³-hybridized carbons (Fsp3) is 0.214. The zero-order valence-electron chi connectivity index (χ0n) is 10.1. The fourth-order valence-corrected chi connectivity index (χ4v) is 2.24. The highest BCUT2D eigenvalue weighted by Gasteiger charge is 2.27. The lowest BCUT2D eigenvalue weighted by Gasteiger charge is -2.07. The molecule has 94 valence electrons. The van der Waals surface area contributed by atoms with E-state index < -0.39 is 0 Å². The van der Waals surface area contributed by atoms with Crippen molar-refractivity contribution >= 4 is 27.4 Å². The van der Waals surface area contributed by atoms with Gasteiger partial charge >= 0.3 is 0 Å². The summed E-state index contributed by atoms with van der Waals surface area (Å²) >= 11 is 3.41. The van der Waals surface area contributed by atoms with Gasteiger partial charge in [-0.15, -0.1) is 0 Å². The molecule has 1 aliphatic carbocycles. The molecular formula is C14H11BrN4. The summed E-state index contributed by atoms with van der Waals surface area (Å²) in [6.45, 7) is 0. The van der Waals surface area contributed by atoms with Gasteiger partial charge < -0.3 is 5.32 Å². The average molecular weight is 315 g/mol. The molecule has 5 heteroatoms. The van der Waals surface area contributed by atoms with Gasteiger partial charge in [0.25, 0.3) is 0 Å². The third kappa shape index (κ3) is 2.91. The van der Waals surface area contributed by atoms with Crippen molar-refractivity contribution in [2.24, 2.45) is 0 Å². The predicted molar refractivity (Wildman–Crippen MR) is 76.1 cm³/mol. The molecule has 0 atom stereocenters. The second-order valence-electron chi connectivity index (χ2n) is 4.53. The number of hydrogen-bond donors (Lipinski definition) is 1. The minimum atomic E-state index is 0.503. The van der Waals surface area contributed by atoms with Crippen LogP contribution in [0.3, 0.4) is 0 Å². The fourth-order valence-electron chi connectivity index (χ4n) is 1.84. The van der Waals surface area contributed by atoms with Gasteiger partial charge in [0.15, 0.2) is 0 Å². The zero-order valence-corrected chi connectivity index (χ0v) is 11.7. The van der Waals surface area contributed by atoms with Gasteiger partial charge in [0.2, 0.25) is 0 Å². The maximum Gasteiger partial charge on any atom is 0.135 e. The molecule has 0 bridgehead atoms. The first kappa shape index (κ1) is 12.1. The second kappa shape index (κ2) is 4.98. The number of nitrogens with zero attached hydrogens (tertiary/aromatic N) is 3. The number of nitriles is 1. The molecule has 0 amide bonds. The van der Waals surface area contributed by atoms with E-state index in [9.17, 15) is 0 Å². The Morgan fingerprint density at radius 3 is 2.84 bits per heavy atom. The van der Waals surface area contributed by atoms with Crippen LogP contribution in [0.5, 0.6) is 0 Å². The molecule has 3 rings (SSSR count). The van der Waals surface area contributed by atoms with E-state index in [-0.39, 0.29) is 0 Å². The molecule has 1 saturated carbocycles. The van der Waals surface area contributed by atoms with Crippen molar-refractivity contribution in [1.29, 1.82) is 5.26 Å². The van der Waals surface area contributed by atoms with E-state index in [4.69, 9.17) is 5.26 Å². The lowest BCUT2D eigenvalue weighted by atomic mass is 10.2. The zero-order chi connectivity index (χ0) is 13.2. The van der Waals surface area contributed by atoms with E-state index in [1.54, 1.807) is 12.1 Å². The number of aromatic nitrogens is 2. The van der Waals surface area contributed by atoms with Crippen LogP contribution < -0.4 is 5.32 Å². The van der Waals surface area contributed by atoms with E-state index in [0.29, 0.717) is 11.5 Å². The van der Waals surface area contributed by atoms with Crippen LogP contribution in [0, 0.1) is 11.3 Å². The molecule has 0 radical (unpaired) electrons. The van der Waals surface area contributed by atoms with Crippen LogP contribution in [0.15, 0.2) is 34.9 Å².